The third-order valence-electron chi connectivity index (χ3n) is 4.39. The Labute approximate surface area is 133 Å². The fourth-order valence-electron chi connectivity index (χ4n) is 2.96. The van der Waals surface area contributed by atoms with Crippen LogP contribution in [0, 0.1) is 0 Å². The Morgan fingerprint density at radius 3 is 2.14 bits per heavy atom. The van der Waals surface area contributed by atoms with Crippen molar-refractivity contribution in [3.05, 3.63) is 0 Å². The molecule has 0 aromatic heterocycles. The lowest BCUT2D eigenvalue weighted by atomic mass is 10.1. The van der Waals surface area contributed by atoms with Crippen LogP contribution >= 0.6 is 12.4 Å². The third kappa shape index (κ3) is 5.13. The highest BCUT2D eigenvalue weighted by Gasteiger charge is 2.25. The average Bonchev–Trinajstić information content (AvgIpc) is 2.48. The van der Waals surface area contributed by atoms with E-state index < -0.39 is 0 Å². The van der Waals surface area contributed by atoms with Gasteiger partial charge in [-0.3, -0.25) is 14.5 Å². The first kappa shape index (κ1) is 18.2. The van der Waals surface area contributed by atoms with Crippen LogP contribution in [0.4, 0.5) is 0 Å². The Bertz CT molecular complexity index is 353. The molecule has 21 heavy (non-hydrogen) atoms. The highest BCUT2D eigenvalue weighted by atomic mass is 35.5. The van der Waals surface area contributed by atoms with Crippen molar-refractivity contribution in [2.24, 2.45) is 0 Å². The minimum absolute atomic E-state index is 0. The minimum Gasteiger partial charge on any atom is -0.339 e. The molecule has 2 rings (SSSR count). The van der Waals surface area contributed by atoms with Crippen LogP contribution in [0.15, 0.2) is 0 Å². The molecule has 0 spiro atoms. The molecular weight excluding hydrogens is 292 g/mol. The zero-order chi connectivity index (χ0) is 14.5. The summed E-state index contributed by atoms with van der Waals surface area (Å²) in [5.74, 6) is 0.290. The maximum atomic E-state index is 12.3. The number of nitrogens with one attached hydrogen (secondary N) is 1. The third-order valence-corrected chi connectivity index (χ3v) is 4.39. The van der Waals surface area contributed by atoms with Crippen molar-refractivity contribution in [2.75, 3.05) is 52.9 Å². The number of halogens is 1. The molecule has 0 atom stereocenters. The molecule has 2 heterocycles. The van der Waals surface area contributed by atoms with E-state index in [2.05, 4.69) is 10.2 Å². The van der Waals surface area contributed by atoms with E-state index in [0.29, 0.717) is 38.8 Å². The second-order valence-electron chi connectivity index (χ2n) is 5.78. The van der Waals surface area contributed by atoms with Gasteiger partial charge in [0, 0.05) is 39.1 Å². The second-order valence-corrected chi connectivity index (χ2v) is 5.78. The molecule has 122 valence electrons. The monoisotopic (exact) mass is 318 g/mol. The molecule has 2 fully saturated rings. The van der Waals surface area contributed by atoms with E-state index in [4.69, 9.17) is 0 Å². The lowest BCUT2D eigenvalue weighted by Gasteiger charge is -2.36. The number of piperidine rings is 1. The van der Waals surface area contributed by atoms with E-state index in [1.807, 2.05) is 11.9 Å². The number of carbonyl (C=O) groups is 2. The van der Waals surface area contributed by atoms with Gasteiger partial charge in [0.1, 0.15) is 0 Å². The highest BCUT2D eigenvalue weighted by molar-refractivity contribution is 5.85. The van der Waals surface area contributed by atoms with Crippen LogP contribution in [0.3, 0.4) is 0 Å². The summed E-state index contributed by atoms with van der Waals surface area (Å²) < 4.78 is 0. The molecule has 2 saturated heterocycles. The van der Waals surface area contributed by atoms with Crippen LogP contribution in [-0.2, 0) is 9.59 Å². The van der Waals surface area contributed by atoms with E-state index in [9.17, 15) is 9.59 Å². The average molecular weight is 319 g/mol. The number of rotatable bonds is 3. The van der Waals surface area contributed by atoms with Crippen LogP contribution < -0.4 is 5.32 Å². The summed E-state index contributed by atoms with van der Waals surface area (Å²) in [6, 6.07) is 0.513. The fourth-order valence-corrected chi connectivity index (χ4v) is 2.96. The number of nitrogens with zero attached hydrogens (tertiary/aromatic N) is 3. The molecule has 0 saturated carbocycles. The van der Waals surface area contributed by atoms with E-state index in [1.54, 1.807) is 11.8 Å². The van der Waals surface area contributed by atoms with Crippen molar-refractivity contribution in [3.8, 4) is 0 Å². The van der Waals surface area contributed by atoms with Gasteiger partial charge in [-0.15, -0.1) is 12.4 Å². The number of carbonyl (C=O) groups excluding carboxylic acids is 2. The van der Waals surface area contributed by atoms with Gasteiger partial charge in [-0.05, 0) is 33.0 Å². The predicted octanol–water partition coefficient (Wildman–Crippen LogP) is -0.217. The van der Waals surface area contributed by atoms with Gasteiger partial charge < -0.3 is 15.1 Å². The number of hydrogen-bond donors (Lipinski definition) is 1. The maximum absolute atomic E-state index is 12.3. The molecule has 1 N–H and O–H groups in total. The van der Waals surface area contributed by atoms with E-state index in [0.717, 1.165) is 25.9 Å². The summed E-state index contributed by atoms with van der Waals surface area (Å²) in [6.07, 6.45) is 2.23. The lowest BCUT2D eigenvalue weighted by Crippen LogP contribution is -2.53. The zero-order valence-corrected chi connectivity index (χ0v) is 13.8. The number of piperazine rings is 1. The molecule has 7 heteroatoms. The number of hydrogen-bond acceptors (Lipinski definition) is 4. The summed E-state index contributed by atoms with van der Waals surface area (Å²) in [4.78, 5) is 29.4. The molecule has 0 radical (unpaired) electrons. The van der Waals surface area contributed by atoms with Gasteiger partial charge in [0.15, 0.2) is 0 Å². The van der Waals surface area contributed by atoms with Crippen LogP contribution in [0.5, 0.6) is 0 Å². The van der Waals surface area contributed by atoms with Crippen LogP contribution in [0.2, 0.25) is 0 Å². The first-order chi connectivity index (χ1) is 9.58. The number of amides is 2. The molecule has 0 aromatic rings. The van der Waals surface area contributed by atoms with Crippen molar-refractivity contribution >= 4 is 24.2 Å². The van der Waals surface area contributed by atoms with Crippen LogP contribution in [0.25, 0.3) is 0 Å². The minimum atomic E-state index is 0. The maximum Gasteiger partial charge on any atom is 0.236 e. The molecule has 2 amide bonds. The van der Waals surface area contributed by atoms with Crippen molar-refractivity contribution in [1.82, 2.24) is 20.0 Å². The van der Waals surface area contributed by atoms with Crippen molar-refractivity contribution < 1.29 is 9.59 Å². The second kappa shape index (κ2) is 8.56. The van der Waals surface area contributed by atoms with Gasteiger partial charge in [-0.25, -0.2) is 0 Å². The van der Waals surface area contributed by atoms with Crippen LogP contribution in [-0.4, -0.2) is 85.4 Å². The molecule has 0 aromatic carbocycles. The molecule has 0 bridgehead atoms. The Kier molecular flexibility index (Phi) is 7.42. The van der Waals surface area contributed by atoms with Gasteiger partial charge in [-0.1, -0.05) is 0 Å². The first-order valence-electron chi connectivity index (χ1n) is 7.52. The molecule has 0 unspecified atom stereocenters. The van der Waals surface area contributed by atoms with Crippen molar-refractivity contribution in [2.45, 2.75) is 25.8 Å². The zero-order valence-electron chi connectivity index (χ0n) is 13.0. The van der Waals surface area contributed by atoms with E-state index in [-0.39, 0.29) is 24.2 Å². The van der Waals surface area contributed by atoms with Crippen LogP contribution in [0.1, 0.15) is 19.8 Å². The smallest absolute Gasteiger partial charge is 0.236 e. The topological polar surface area (TPSA) is 55.9 Å². The summed E-state index contributed by atoms with van der Waals surface area (Å²) >= 11 is 0. The van der Waals surface area contributed by atoms with Gasteiger partial charge in [0.2, 0.25) is 11.8 Å². The largest absolute Gasteiger partial charge is 0.339 e. The van der Waals surface area contributed by atoms with E-state index in [1.165, 1.54) is 0 Å². The van der Waals surface area contributed by atoms with Crippen molar-refractivity contribution in [3.63, 3.8) is 0 Å². The van der Waals surface area contributed by atoms with Crippen molar-refractivity contribution in [1.29, 1.82) is 0 Å². The lowest BCUT2D eigenvalue weighted by molar-refractivity contribution is -0.139. The van der Waals surface area contributed by atoms with Gasteiger partial charge in [0.25, 0.3) is 0 Å². The summed E-state index contributed by atoms with van der Waals surface area (Å²) in [5.41, 5.74) is 0. The van der Waals surface area contributed by atoms with E-state index >= 15 is 0 Å². The summed E-state index contributed by atoms with van der Waals surface area (Å²) in [5, 5.41) is 3.34. The molecule has 2 aliphatic heterocycles. The molecule has 6 nitrogen and oxygen atoms in total. The Morgan fingerprint density at radius 1 is 1.10 bits per heavy atom. The number of likely N-dealkylation sites (N-methyl/N-ethyl adjacent to an activating group) is 1. The summed E-state index contributed by atoms with van der Waals surface area (Å²) in [7, 11) is 2.04. The van der Waals surface area contributed by atoms with Gasteiger partial charge in [0.05, 0.1) is 6.54 Å². The summed E-state index contributed by atoms with van der Waals surface area (Å²) in [6.45, 7) is 6.82. The Morgan fingerprint density at radius 2 is 1.62 bits per heavy atom. The quantitative estimate of drug-likeness (QED) is 0.782. The van der Waals surface area contributed by atoms with Gasteiger partial charge >= 0.3 is 0 Å². The molecule has 2 aliphatic rings. The molecular formula is C14H27ClN4O2. The normalized spacial score (nSPS) is 20.3. The van der Waals surface area contributed by atoms with Gasteiger partial charge in [-0.2, -0.15) is 0 Å². The first-order valence-corrected chi connectivity index (χ1v) is 7.52. The Hall–Kier alpha value is -0.850. The standard InChI is InChI=1S/C14H26N4O2.ClH/c1-12(19)17-7-9-18(10-8-17)14(20)11-16(2)13-3-5-15-6-4-13;/h13,15H,3-11H2,1-2H3;1H. The fraction of sp³-hybridized carbons (Fsp3) is 0.857. The SMILES string of the molecule is CC(=O)N1CCN(C(=O)CN(C)C2CCNCC2)CC1.Cl. The predicted molar refractivity (Wildman–Crippen MR) is 84.6 cm³/mol. The Balaban J connectivity index is 0.00000220. The highest BCUT2D eigenvalue weighted by Crippen LogP contribution is 2.10. The molecule has 0 aliphatic carbocycles.